The fraction of sp³-hybridized carbons (Fsp3) is 0.222. The first-order valence-electron chi connectivity index (χ1n) is 3.58. The third kappa shape index (κ3) is 2.57. The zero-order valence-electron chi connectivity index (χ0n) is 6.66. The van der Waals surface area contributed by atoms with Gasteiger partial charge in [-0.25, -0.2) is 4.98 Å². The Labute approximate surface area is 76.6 Å². The number of pyridine rings is 1. The molecule has 1 heterocycles. The molecule has 0 unspecified atom stereocenters. The van der Waals surface area contributed by atoms with Crippen LogP contribution in [0.3, 0.4) is 0 Å². The molecule has 62 valence electrons. The molecule has 1 aromatic rings. The minimum absolute atomic E-state index is 0.535. The first kappa shape index (κ1) is 9.11. The molecule has 1 aromatic heterocycles. The van der Waals surface area contributed by atoms with Crippen molar-refractivity contribution < 1.29 is 0 Å². The van der Waals surface area contributed by atoms with Gasteiger partial charge in [0.1, 0.15) is 0 Å². The van der Waals surface area contributed by atoms with Crippen LogP contribution in [0.25, 0.3) is 0 Å². The lowest BCUT2D eigenvalue weighted by molar-refractivity contribution is 1.01. The predicted molar refractivity (Wildman–Crippen MR) is 51.7 cm³/mol. The van der Waals surface area contributed by atoms with Gasteiger partial charge < -0.3 is 5.73 Å². The highest BCUT2D eigenvalue weighted by atomic mass is 32.2. The second-order valence-electron chi connectivity index (χ2n) is 2.20. The van der Waals surface area contributed by atoms with Crippen LogP contribution in [-0.2, 0) is 6.54 Å². The van der Waals surface area contributed by atoms with Gasteiger partial charge in [0, 0.05) is 12.7 Å². The van der Waals surface area contributed by atoms with Crippen LogP contribution in [0.4, 0.5) is 0 Å². The quantitative estimate of drug-likeness (QED) is 0.559. The average Bonchev–Trinajstić information content (AvgIpc) is 2.15. The first-order valence-corrected chi connectivity index (χ1v) is 4.56. The van der Waals surface area contributed by atoms with Gasteiger partial charge >= 0.3 is 0 Å². The minimum atomic E-state index is 0.535. The van der Waals surface area contributed by atoms with Crippen molar-refractivity contribution in [3.05, 3.63) is 23.9 Å². The number of thioether (sulfide) groups is 1. The second kappa shape index (κ2) is 4.81. The van der Waals surface area contributed by atoms with Gasteiger partial charge in [0.2, 0.25) is 0 Å². The van der Waals surface area contributed by atoms with Crippen molar-refractivity contribution in [2.45, 2.75) is 11.6 Å². The summed E-state index contributed by atoms with van der Waals surface area (Å²) in [5.41, 5.74) is 6.46. The van der Waals surface area contributed by atoms with Crippen LogP contribution in [0, 0.1) is 12.3 Å². The topological polar surface area (TPSA) is 38.9 Å². The van der Waals surface area contributed by atoms with Crippen molar-refractivity contribution in [3.63, 3.8) is 0 Å². The molecule has 0 aliphatic carbocycles. The fourth-order valence-electron chi connectivity index (χ4n) is 0.733. The Balaban J connectivity index is 2.60. The van der Waals surface area contributed by atoms with Crippen LogP contribution < -0.4 is 5.73 Å². The van der Waals surface area contributed by atoms with Gasteiger partial charge in [-0.3, -0.25) is 0 Å². The summed E-state index contributed by atoms with van der Waals surface area (Å²) in [4.78, 5) is 4.17. The molecular weight excluding hydrogens is 168 g/mol. The molecule has 2 N–H and O–H groups in total. The molecule has 0 aromatic carbocycles. The Kier molecular flexibility index (Phi) is 3.65. The molecular formula is C9H10N2S. The van der Waals surface area contributed by atoms with Crippen molar-refractivity contribution in [1.29, 1.82) is 0 Å². The zero-order valence-corrected chi connectivity index (χ0v) is 7.47. The lowest BCUT2D eigenvalue weighted by Gasteiger charge is -1.97. The summed E-state index contributed by atoms with van der Waals surface area (Å²) in [5.74, 6) is 3.20. The Hall–Kier alpha value is -0.980. The molecule has 0 saturated carbocycles. The second-order valence-corrected chi connectivity index (χ2v) is 3.20. The van der Waals surface area contributed by atoms with Gasteiger partial charge in [0.15, 0.2) is 0 Å². The normalized spacial score (nSPS) is 9.33. The van der Waals surface area contributed by atoms with E-state index in [1.54, 1.807) is 18.0 Å². The van der Waals surface area contributed by atoms with Crippen molar-refractivity contribution in [1.82, 2.24) is 4.98 Å². The number of nitrogens with zero attached hydrogens (tertiary/aromatic N) is 1. The number of rotatable bonds is 3. The third-order valence-electron chi connectivity index (χ3n) is 1.34. The van der Waals surface area contributed by atoms with Gasteiger partial charge in [0.25, 0.3) is 0 Å². The zero-order chi connectivity index (χ0) is 8.81. The number of hydrogen-bond acceptors (Lipinski definition) is 3. The van der Waals surface area contributed by atoms with E-state index >= 15 is 0 Å². The molecule has 0 saturated heterocycles. The molecule has 0 fully saturated rings. The molecule has 1 rings (SSSR count). The highest BCUT2D eigenvalue weighted by molar-refractivity contribution is 7.99. The van der Waals surface area contributed by atoms with Gasteiger partial charge in [-0.15, -0.1) is 6.42 Å². The maximum atomic E-state index is 5.42. The van der Waals surface area contributed by atoms with E-state index in [1.165, 1.54) is 0 Å². The molecule has 0 amide bonds. The number of nitrogens with two attached hydrogens (primary N) is 1. The summed E-state index contributed by atoms with van der Waals surface area (Å²) in [6.07, 6.45) is 6.89. The largest absolute Gasteiger partial charge is 0.326 e. The van der Waals surface area contributed by atoms with E-state index in [0.717, 1.165) is 10.6 Å². The highest BCUT2D eigenvalue weighted by Crippen LogP contribution is 2.13. The van der Waals surface area contributed by atoms with Crippen LogP contribution in [0.5, 0.6) is 0 Å². The molecule has 0 spiro atoms. The Bertz CT molecular complexity index is 274. The number of hydrogen-bond donors (Lipinski definition) is 1. The van der Waals surface area contributed by atoms with Crippen LogP contribution >= 0.6 is 11.8 Å². The monoisotopic (exact) mass is 178 g/mol. The summed E-state index contributed by atoms with van der Waals surface area (Å²) in [7, 11) is 0. The molecule has 2 nitrogen and oxygen atoms in total. The van der Waals surface area contributed by atoms with E-state index < -0.39 is 0 Å². The highest BCUT2D eigenvalue weighted by Gasteiger charge is 1.93. The summed E-state index contributed by atoms with van der Waals surface area (Å²) in [6, 6.07) is 3.90. The van der Waals surface area contributed by atoms with Crippen molar-refractivity contribution in [3.8, 4) is 12.3 Å². The van der Waals surface area contributed by atoms with Crippen LogP contribution in [0.2, 0.25) is 0 Å². The summed E-state index contributed by atoms with van der Waals surface area (Å²) < 4.78 is 0. The SMILES string of the molecule is C#CCSc1ccc(CN)cn1. The molecule has 3 heteroatoms. The molecule has 0 aliphatic heterocycles. The fourth-order valence-corrected chi connectivity index (χ4v) is 1.26. The van der Waals surface area contributed by atoms with Gasteiger partial charge in [-0.2, -0.15) is 0 Å². The van der Waals surface area contributed by atoms with Crippen molar-refractivity contribution >= 4 is 11.8 Å². The summed E-state index contributed by atoms with van der Waals surface area (Å²) in [5, 5.41) is 0.949. The maximum absolute atomic E-state index is 5.42. The molecule has 0 radical (unpaired) electrons. The standard InChI is InChI=1S/C9H10N2S/c1-2-5-12-9-4-3-8(6-10)7-11-9/h1,3-4,7H,5-6,10H2. The van der Waals surface area contributed by atoms with E-state index in [9.17, 15) is 0 Å². The van der Waals surface area contributed by atoms with Crippen LogP contribution in [0.15, 0.2) is 23.4 Å². The molecule has 0 aliphatic rings. The van der Waals surface area contributed by atoms with Crippen LogP contribution in [0.1, 0.15) is 5.56 Å². The molecule has 0 bridgehead atoms. The van der Waals surface area contributed by atoms with Crippen LogP contribution in [-0.4, -0.2) is 10.7 Å². The van der Waals surface area contributed by atoms with Crippen molar-refractivity contribution in [2.75, 3.05) is 5.75 Å². The summed E-state index contributed by atoms with van der Waals surface area (Å²) in [6.45, 7) is 0.535. The smallest absolute Gasteiger partial charge is 0.0969 e. The first-order chi connectivity index (χ1) is 5.86. The maximum Gasteiger partial charge on any atom is 0.0969 e. The number of aromatic nitrogens is 1. The lowest BCUT2D eigenvalue weighted by Crippen LogP contribution is -1.96. The average molecular weight is 178 g/mol. The summed E-state index contributed by atoms with van der Waals surface area (Å²) >= 11 is 1.55. The lowest BCUT2D eigenvalue weighted by atomic mass is 10.3. The van der Waals surface area contributed by atoms with Gasteiger partial charge in [-0.1, -0.05) is 23.7 Å². The predicted octanol–water partition coefficient (Wildman–Crippen LogP) is 1.27. The Morgan fingerprint density at radius 3 is 2.92 bits per heavy atom. The van der Waals surface area contributed by atoms with E-state index in [1.807, 2.05) is 12.1 Å². The molecule has 12 heavy (non-hydrogen) atoms. The van der Waals surface area contributed by atoms with E-state index in [0.29, 0.717) is 12.3 Å². The minimum Gasteiger partial charge on any atom is -0.326 e. The third-order valence-corrected chi connectivity index (χ3v) is 2.18. The van der Waals surface area contributed by atoms with E-state index in [-0.39, 0.29) is 0 Å². The Morgan fingerprint density at radius 2 is 2.42 bits per heavy atom. The van der Waals surface area contributed by atoms with Gasteiger partial charge in [-0.05, 0) is 11.6 Å². The number of terminal acetylenes is 1. The molecule has 0 atom stereocenters. The van der Waals surface area contributed by atoms with Gasteiger partial charge in [0.05, 0.1) is 10.8 Å². The van der Waals surface area contributed by atoms with Crippen molar-refractivity contribution in [2.24, 2.45) is 5.73 Å². The Morgan fingerprint density at radius 1 is 1.58 bits per heavy atom. The van der Waals surface area contributed by atoms with E-state index in [2.05, 4.69) is 10.9 Å². The van der Waals surface area contributed by atoms with E-state index in [4.69, 9.17) is 12.2 Å².